The van der Waals surface area contributed by atoms with Gasteiger partial charge in [-0.15, -0.1) is 0 Å². The van der Waals surface area contributed by atoms with Crippen LogP contribution in [-0.4, -0.2) is 17.0 Å². The molecule has 1 saturated heterocycles. The average Bonchev–Trinajstić information content (AvgIpc) is 2.88. The Morgan fingerprint density at radius 2 is 2.04 bits per heavy atom. The Kier molecular flexibility index (Phi) is 3.89. The number of carbonyl (C=O) groups excluding carboxylic acids is 2. The molecule has 0 aromatic heterocycles. The van der Waals surface area contributed by atoms with Gasteiger partial charge >= 0.3 is 0 Å². The topological polar surface area (TPSA) is 90.5 Å². The monoisotopic (exact) mass is 371 g/mol. The Bertz CT molecular complexity index is 930. The van der Waals surface area contributed by atoms with E-state index >= 15 is 0 Å². The summed E-state index contributed by atoms with van der Waals surface area (Å²) < 4.78 is 0. The lowest BCUT2D eigenvalue weighted by molar-refractivity contribution is -0.129. The first-order chi connectivity index (χ1) is 12.5. The lowest BCUT2D eigenvalue weighted by atomic mass is 9.67. The van der Waals surface area contributed by atoms with Crippen molar-refractivity contribution in [2.75, 3.05) is 10.8 Å². The van der Waals surface area contributed by atoms with Crippen LogP contribution in [0.5, 0.6) is 0 Å². The summed E-state index contributed by atoms with van der Waals surface area (Å²) in [6, 6.07) is 10.1. The van der Waals surface area contributed by atoms with Crippen LogP contribution in [0.1, 0.15) is 35.6 Å². The summed E-state index contributed by atoms with van der Waals surface area (Å²) in [7, 11) is 0. The molecule has 0 saturated carbocycles. The quantitative estimate of drug-likeness (QED) is 0.610. The minimum Gasteiger partial charge on any atom is -0.348 e. The molecule has 7 heteroatoms. The maximum atomic E-state index is 13.1. The molecule has 2 aromatic rings. The SMILES string of the molecule is Cc1ccc(NO)c([C@H]2NC(=O)CC[C@]23C(=O)Nc2cc(Cl)ccc23)c1. The van der Waals surface area contributed by atoms with Gasteiger partial charge in [-0.2, -0.15) is 0 Å². The zero-order valence-electron chi connectivity index (χ0n) is 14.1. The molecule has 2 aromatic carbocycles. The van der Waals surface area contributed by atoms with E-state index in [1.807, 2.05) is 25.1 Å². The molecular formula is C19H18ClN3O3. The first kappa shape index (κ1) is 16.9. The highest BCUT2D eigenvalue weighted by Crippen LogP contribution is 2.52. The number of hydrogen-bond acceptors (Lipinski definition) is 4. The first-order valence-corrected chi connectivity index (χ1v) is 8.75. The van der Waals surface area contributed by atoms with Gasteiger partial charge < -0.3 is 10.6 Å². The highest BCUT2D eigenvalue weighted by atomic mass is 35.5. The standard InChI is InChI=1S/C19H18ClN3O3/c1-10-2-5-14(23-26)12(8-10)17-19(7-6-16(24)22-17)13-4-3-11(20)9-15(13)21-18(19)25/h2-5,8-9,17,23,26H,6-7H2,1H3,(H,21,25)(H,22,24)/t17-,19-/m1/s1. The van der Waals surface area contributed by atoms with E-state index in [9.17, 15) is 14.8 Å². The predicted molar refractivity (Wildman–Crippen MR) is 98.5 cm³/mol. The third kappa shape index (κ3) is 2.37. The number of carbonyl (C=O) groups is 2. The van der Waals surface area contributed by atoms with Crippen molar-refractivity contribution in [2.45, 2.75) is 31.2 Å². The van der Waals surface area contributed by atoms with Crippen molar-refractivity contribution in [3.63, 3.8) is 0 Å². The summed E-state index contributed by atoms with van der Waals surface area (Å²) in [5.74, 6) is -0.300. The lowest BCUT2D eigenvalue weighted by Crippen LogP contribution is -2.52. The van der Waals surface area contributed by atoms with E-state index in [0.717, 1.165) is 11.1 Å². The number of halogens is 1. The Hall–Kier alpha value is -2.57. The molecule has 6 nitrogen and oxygen atoms in total. The zero-order chi connectivity index (χ0) is 18.5. The highest BCUT2D eigenvalue weighted by Gasteiger charge is 2.55. The maximum Gasteiger partial charge on any atom is 0.237 e. The van der Waals surface area contributed by atoms with Crippen LogP contribution in [0.25, 0.3) is 0 Å². The van der Waals surface area contributed by atoms with E-state index in [1.165, 1.54) is 0 Å². The molecule has 1 spiro atoms. The van der Waals surface area contributed by atoms with Gasteiger partial charge in [-0.1, -0.05) is 35.4 Å². The Morgan fingerprint density at radius 3 is 2.81 bits per heavy atom. The van der Waals surface area contributed by atoms with Crippen molar-refractivity contribution in [2.24, 2.45) is 0 Å². The third-order valence-electron chi connectivity index (χ3n) is 5.30. The molecule has 134 valence electrons. The van der Waals surface area contributed by atoms with E-state index in [0.29, 0.717) is 28.4 Å². The number of aryl methyl sites for hydroxylation is 1. The number of benzene rings is 2. The second kappa shape index (κ2) is 6.00. The molecule has 26 heavy (non-hydrogen) atoms. The van der Waals surface area contributed by atoms with Crippen molar-refractivity contribution in [1.29, 1.82) is 0 Å². The number of anilines is 2. The van der Waals surface area contributed by atoms with Crippen LogP contribution in [0, 0.1) is 6.92 Å². The maximum absolute atomic E-state index is 13.1. The van der Waals surface area contributed by atoms with Gasteiger partial charge in [0.1, 0.15) is 5.41 Å². The third-order valence-corrected chi connectivity index (χ3v) is 5.53. The largest absolute Gasteiger partial charge is 0.348 e. The van der Waals surface area contributed by atoms with E-state index in [4.69, 9.17) is 11.6 Å². The van der Waals surface area contributed by atoms with Gasteiger partial charge in [0.05, 0.1) is 11.7 Å². The smallest absolute Gasteiger partial charge is 0.237 e. The van der Waals surface area contributed by atoms with Crippen LogP contribution in [-0.2, 0) is 15.0 Å². The summed E-state index contributed by atoms with van der Waals surface area (Å²) in [6.45, 7) is 1.92. The van der Waals surface area contributed by atoms with Gasteiger partial charge in [-0.25, -0.2) is 0 Å². The van der Waals surface area contributed by atoms with Crippen molar-refractivity contribution in [1.82, 2.24) is 5.32 Å². The fourth-order valence-electron chi connectivity index (χ4n) is 4.08. The molecule has 2 aliphatic heterocycles. The van der Waals surface area contributed by atoms with E-state index in [1.54, 1.807) is 18.2 Å². The number of hydrogen-bond donors (Lipinski definition) is 4. The van der Waals surface area contributed by atoms with E-state index in [-0.39, 0.29) is 18.2 Å². The van der Waals surface area contributed by atoms with Gasteiger partial charge in [0.25, 0.3) is 0 Å². The number of fused-ring (bicyclic) bond motifs is 2. The molecule has 2 atom stereocenters. The summed E-state index contributed by atoms with van der Waals surface area (Å²) >= 11 is 6.08. The first-order valence-electron chi connectivity index (χ1n) is 8.37. The van der Waals surface area contributed by atoms with Gasteiger partial charge in [-0.3, -0.25) is 20.3 Å². The minimum absolute atomic E-state index is 0.124. The van der Waals surface area contributed by atoms with E-state index in [2.05, 4.69) is 16.1 Å². The van der Waals surface area contributed by atoms with Crippen molar-refractivity contribution in [3.05, 3.63) is 58.1 Å². The van der Waals surface area contributed by atoms with Gasteiger partial charge in [0.15, 0.2) is 0 Å². The molecule has 2 amide bonds. The van der Waals surface area contributed by atoms with Gasteiger partial charge in [0, 0.05) is 22.7 Å². The second-order valence-electron chi connectivity index (χ2n) is 6.82. The van der Waals surface area contributed by atoms with Gasteiger partial charge in [0.2, 0.25) is 11.8 Å². The van der Waals surface area contributed by atoms with Crippen molar-refractivity contribution in [3.8, 4) is 0 Å². The van der Waals surface area contributed by atoms with Crippen LogP contribution >= 0.6 is 11.6 Å². The summed E-state index contributed by atoms with van der Waals surface area (Å²) in [5.41, 5.74) is 4.79. The van der Waals surface area contributed by atoms with Gasteiger partial charge in [-0.05, 0) is 37.1 Å². The predicted octanol–water partition coefficient (Wildman–Crippen LogP) is 3.29. The number of nitrogens with one attached hydrogen (secondary N) is 3. The molecule has 4 rings (SSSR count). The molecule has 2 aliphatic rings. The summed E-state index contributed by atoms with van der Waals surface area (Å²) in [5, 5.41) is 16.0. The normalized spacial score (nSPS) is 24.2. The molecule has 1 fully saturated rings. The summed E-state index contributed by atoms with van der Waals surface area (Å²) in [6.07, 6.45) is 0.627. The second-order valence-corrected chi connectivity index (χ2v) is 7.25. The highest BCUT2D eigenvalue weighted by molar-refractivity contribution is 6.31. The van der Waals surface area contributed by atoms with Crippen LogP contribution in [0.3, 0.4) is 0 Å². The molecule has 0 aliphatic carbocycles. The summed E-state index contributed by atoms with van der Waals surface area (Å²) in [4.78, 5) is 25.3. The Labute approximate surface area is 155 Å². The molecule has 2 heterocycles. The van der Waals surface area contributed by atoms with Crippen molar-refractivity contribution >= 4 is 34.8 Å². The fraction of sp³-hybridized carbons (Fsp3) is 0.263. The molecular weight excluding hydrogens is 354 g/mol. The Balaban J connectivity index is 1.94. The molecule has 0 radical (unpaired) electrons. The Morgan fingerprint density at radius 1 is 1.23 bits per heavy atom. The van der Waals surface area contributed by atoms with Crippen molar-refractivity contribution < 1.29 is 14.8 Å². The number of piperidine rings is 1. The van der Waals surface area contributed by atoms with Crippen LogP contribution < -0.4 is 16.1 Å². The van der Waals surface area contributed by atoms with E-state index < -0.39 is 11.5 Å². The minimum atomic E-state index is -0.951. The fourth-order valence-corrected chi connectivity index (χ4v) is 4.25. The molecule has 4 N–H and O–H groups in total. The van der Waals surface area contributed by atoms with Crippen LogP contribution in [0.4, 0.5) is 11.4 Å². The van der Waals surface area contributed by atoms with Crippen LogP contribution in [0.15, 0.2) is 36.4 Å². The number of amides is 2. The molecule has 0 bridgehead atoms. The average molecular weight is 372 g/mol. The zero-order valence-corrected chi connectivity index (χ0v) is 14.9. The van der Waals surface area contributed by atoms with Crippen LogP contribution in [0.2, 0.25) is 5.02 Å². The molecule has 0 unspecified atom stereocenters. The number of rotatable bonds is 2. The lowest BCUT2D eigenvalue weighted by Gasteiger charge is -2.41.